The van der Waals surface area contributed by atoms with Gasteiger partial charge < -0.3 is 9.88 Å². The highest BCUT2D eigenvalue weighted by Crippen LogP contribution is 2.18. The van der Waals surface area contributed by atoms with E-state index in [-0.39, 0.29) is 12.5 Å². The molecular formula is C25H25N3O. The number of hydrogen-bond acceptors (Lipinski definition) is 2. The number of amides is 1. The van der Waals surface area contributed by atoms with Crippen molar-refractivity contribution in [3.8, 4) is 0 Å². The van der Waals surface area contributed by atoms with E-state index in [0.29, 0.717) is 0 Å². The molecule has 1 amide bonds. The molecule has 0 fully saturated rings. The number of aryl methyl sites for hydroxylation is 3. The van der Waals surface area contributed by atoms with Crippen molar-refractivity contribution in [3.05, 3.63) is 95.8 Å². The lowest BCUT2D eigenvalue weighted by atomic mass is 10.1. The summed E-state index contributed by atoms with van der Waals surface area (Å²) in [5, 5.41) is 3.01. The van der Waals surface area contributed by atoms with Gasteiger partial charge >= 0.3 is 0 Å². The van der Waals surface area contributed by atoms with E-state index in [4.69, 9.17) is 4.98 Å². The average molecular weight is 383 g/mol. The van der Waals surface area contributed by atoms with Gasteiger partial charge in [-0.1, -0.05) is 61.5 Å². The van der Waals surface area contributed by atoms with E-state index in [0.717, 1.165) is 41.8 Å². The molecule has 0 spiro atoms. The van der Waals surface area contributed by atoms with Gasteiger partial charge in [0.15, 0.2) is 0 Å². The third-order valence-electron chi connectivity index (χ3n) is 5.16. The third-order valence-corrected chi connectivity index (χ3v) is 5.16. The molecule has 0 aliphatic rings. The fraction of sp³-hybridized carbons (Fsp3) is 0.200. The normalized spacial score (nSPS) is 10.9. The SMILES string of the molecule is CCc1ccc(NC(=O)Cn2c(CCc3ccccc3)nc3ccccc32)cc1. The maximum Gasteiger partial charge on any atom is 0.244 e. The predicted octanol–water partition coefficient (Wildman–Crippen LogP) is 5.02. The molecule has 0 saturated heterocycles. The molecule has 0 saturated carbocycles. The van der Waals surface area contributed by atoms with Crippen molar-refractivity contribution in [2.75, 3.05) is 5.32 Å². The maximum atomic E-state index is 12.7. The number of anilines is 1. The van der Waals surface area contributed by atoms with Crippen molar-refractivity contribution in [2.24, 2.45) is 0 Å². The minimum atomic E-state index is -0.0432. The van der Waals surface area contributed by atoms with Crippen LogP contribution in [-0.4, -0.2) is 15.5 Å². The molecule has 4 aromatic rings. The fourth-order valence-corrected chi connectivity index (χ4v) is 3.56. The van der Waals surface area contributed by atoms with Crippen LogP contribution in [-0.2, 0) is 30.6 Å². The standard InChI is InChI=1S/C25H25N3O/c1-2-19-12-15-21(16-13-19)26-25(29)18-28-23-11-7-6-10-22(23)27-24(28)17-14-20-8-4-3-5-9-20/h3-13,15-16H,2,14,17-18H2,1H3,(H,26,29). The summed E-state index contributed by atoms with van der Waals surface area (Å²) in [7, 11) is 0. The van der Waals surface area contributed by atoms with E-state index in [2.05, 4.69) is 36.5 Å². The first kappa shape index (κ1) is 18.9. The van der Waals surface area contributed by atoms with Crippen molar-refractivity contribution in [1.82, 2.24) is 9.55 Å². The molecule has 0 aliphatic heterocycles. The number of fused-ring (bicyclic) bond motifs is 1. The Morgan fingerprint density at radius 3 is 2.34 bits per heavy atom. The van der Waals surface area contributed by atoms with Crippen LogP contribution < -0.4 is 5.32 Å². The molecule has 0 aliphatic carbocycles. The molecule has 0 bridgehead atoms. The topological polar surface area (TPSA) is 46.9 Å². The molecular weight excluding hydrogens is 358 g/mol. The monoisotopic (exact) mass is 383 g/mol. The Morgan fingerprint density at radius 1 is 0.862 bits per heavy atom. The van der Waals surface area contributed by atoms with E-state index in [1.807, 2.05) is 59.2 Å². The van der Waals surface area contributed by atoms with Crippen molar-refractivity contribution >= 4 is 22.6 Å². The number of nitrogens with zero attached hydrogens (tertiary/aromatic N) is 2. The van der Waals surface area contributed by atoms with Crippen LogP contribution in [0.1, 0.15) is 23.9 Å². The lowest BCUT2D eigenvalue weighted by Gasteiger charge is -2.11. The van der Waals surface area contributed by atoms with Gasteiger partial charge in [-0.2, -0.15) is 0 Å². The second-order valence-corrected chi connectivity index (χ2v) is 7.19. The number of nitrogens with one attached hydrogen (secondary N) is 1. The second-order valence-electron chi connectivity index (χ2n) is 7.19. The Kier molecular flexibility index (Phi) is 5.71. The van der Waals surface area contributed by atoms with Gasteiger partial charge in [0.2, 0.25) is 5.91 Å². The molecule has 1 N–H and O–H groups in total. The summed E-state index contributed by atoms with van der Waals surface area (Å²) in [5.41, 5.74) is 5.27. The van der Waals surface area contributed by atoms with Gasteiger partial charge in [0, 0.05) is 12.1 Å². The van der Waals surface area contributed by atoms with Crippen molar-refractivity contribution in [2.45, 2.75) is 32.7 Å². The average Bonchev–Trinajstić information content (AvgIpc) is 3.11. The number of carbonyl (C=O) groups is 1. The first-order valence-electron chi connectivity index (χ1n) is 10.1. The zero-order valence-corrected chi connectivity index (χ0v) is 16.6. The summed E-state index contributed by atoms with van der Waals surface area (Å²) in [6, 6.07) is 26.4. The number of hydrogen-bond donors (Lipinski definition) is 1. The molecule has 146 valence electrons. The van der Waals surface area contributed by atoms with Gasteiger partial charge in [-0.25, -0.2) is 4.98 Å². The number of benzene rings is 3. The molecule has 0 unspecified atom stereocenters. The number of rotatable bonds is 7. The van der Waals surface area contributed by atoms with E-state index in [9.17, 15) is 4.79 Å². The molecule has 1 aromatic heterocycles. The molecule has 29 heavy (non-hydrogen) atoms. The zero-order valence-electron chi connectivity index (χ0n) is 16.6. The molecule has 4 rings (SSSR count). The van der Waals surface area contributed by atoms with Gasteiger partial charge in [-0.15, -0.1) is 0 Å². The molecule has 3 aromatic carbocycles. The summed E-state index contributed by atoms with van der Waals surface area (Å²) < 4.78 is 2.04. The smallest absolute Gasteiger partial charge is 0.244 e. The zero-order chi connectivity index (χ0) is 20.1. The van der Waals surface area contributed by atoms with Crippen LogP contribution in [0.15, 0.2) is 78.9 Å². The third kappa shape index (κ3) is 4.54. The Balaban J connectivity index is 1.53. The molecule has 4 heteroatoms. The largest absolute Gasteiger partial charge is 0.325 e. The van der Waals surface area contributed by atoms with Crippen LogP contribution in [0.3, 0.4) is 0 Å². The van der Waals surface area contributed by atoms with Crippen LogP contribution in [0.2, 0.25) is 0 Å². The molecule has 0 atom stereocenters. The Bertz CT molecular complexity index is 1100. The van der Waals surface area contributed by atoms with Crippen molar-refractivity contribution in [1.29, 1.82) is 0 Å². The number of carbonyl (C=O) groups excluding carboxylic acids is 1. The van der Waals surface area contributed by atoms with E-state index in [1.165, 1.54) is 11.1 Å². The summed E-state index contributed by atoms with van der Waals surface area (Å²) >= 11 is 0. The lowest BCUT2D eigenvalue weighted by Crippen LogP contribution is -2.20. The number of para-hydroxylation sites is 2. The summed E-state index contributed by atoms with van der Waals surface area (Å²) in [4.78, 5) is 17.5. The van der Waals surface area contributed by atoms with Crippen LogP contribution in [0.5, 0.6) is 0 Å². The Labute approximate surface area is 171 Å². The lowest BCUT2D eigenvalue weighted by molar-refractivity contribution is -0.116. The highest BCUT2D eigenvalue weighted by atomic mass is 16.1. The minimum absolute atomic E-state index is 0.0432. The van der Waals surface area contributed by atoms with E-state index >= 15 is 0 Å². The first-order valence-corrected chi connectivity index (χ1v) is 10.1. The van der Waals surface area contributed by atoms with Gasteiger partial charge in [-0.3, -0.25) is 4.79 Å². The highest BCUT2D eigenvalue weighted by molar-refractivity contribution is 5.91. The summed E-state index contributed by atoms with van der Waals surface area (Å²) in [5.74, 6) is 0.893. The molecule has 0 radical (unpaired) electrons. The Morgan fingerprint density at radius 2 is 1.59 bits per heavy atom. The van der Waals surface area contributed by atoms with Crippen LogP contribution >= 0.6 is 0 Å². The van der Waals surface area contributed by atoms with Crippen molar-refractivity contribution in [3.63, 3.8) is 0 Å². The second kappa shape index (κ2) is 8.74. The number of imidazole rings is 1. The van der Waals surface area contributed by atoms with Crippen molar-refractivity contribution < 1.29 is 4.79 Å². The minimum Gasteiger partial charge on any atom is -0.325 e. The first-order chi connectivity index (χ1) is 14.2. The number of aromatic nitrogens is 2. The Hall–Kier alpha value is -3.40. The van der Waals surface area contributed by atoms with E-state index < -0.39 is 0 Å². The highest BCUT2D eigenvalue weighted by Gasteiger charge is 2.14. The van der Waals surface area contributed by atoms with Crippen LogP contribution in [0, 0.1) is 0 Å². The van der Waals surface area contributed by atoms with Crippen LogP contribution in [0.25, 0.3) is 11.0 Å². The molecule has 1 heterocycles. The quantitative estimate of drug-likeness (QED) is 0.487. The van der Waals surface area contributed by atoms with Gasteiger partial charge in [-0.05, 0) is 48.2 Å². The summed E-state index contributed by atoms with van der Waals surface area (Å²) in [6.07, 6.45) is 2.67. The molecule has 4 nitrogen and oxygen atoms in total. The van der Waals surface area contributed by atoms with Gasteiger partial charge in [0.05, 0.1) is 11.0 Å². The summed E-state index contributed by atoms with van der Waals surface area (Å²) in [6.45, 7) is 2.37. The van der Waals surface area contributed by atoms with Gasteiger partial charge in [0.25, 0.3) is 0 Å². The van der Waals surface area contributed by atoms with Gasteiger partial charge in [0.1, 0.15) is 12.4 Å². The predicted molar refractivity (Wildman–Crippen MR) is 118 cm³/mol. The van der Waals surface area contributed by atoms with E-state index in [1.54, 1.807) is 0 Å². The van der Waals surface area contributed by atoms with Crippen LogP contribution in [0.4, 0.5) is 5.69 Å². The fourth-order valence-electron chi connectivity index (χ4n) is 3.56. The maximum absolute atomic E-state index is 12.7.